The van der Waals surface area contributed by atoms with E-state index in [9.17, 15) is 29.4 Å². The number of carboxylic acid groups (broad SMARTS) is 1. The third-order valence-corrected chi connectivity index (χ3v) is 8.39. The van der Waals surface area contributed by atoms with Crippen molar-refractivity contribution in [2.75, 3.05) is 4.90 Å². The van der Waals surface area contributed by atoms with E-state index in [4.69, 9.17) is 0 Å². The number of hydrogen-bond donors (Lipinski definition) is 4. The monoisotopic (exact) mass is 580 g/mol. The van der Waals surface area contributed by atoms with E-state index in [2.05, 4.69) is 24.1 Å². The number of aliphatic hydroxyl groups is 1. The highest BCUT2D eigenvalue weighted by molar-refractivity contribution is 6.24. The minimum Gasteiger partial charge on any atom is -0.480 e. The first-order valence-electron chi connectivity index (χ1n) is 14.2. The van der Waals surface area contributed by atoms with Crippen molar-refractivity contribution in [3.05, 3.63) is 101 Å². The van der Waals surface area contributed by atoms with Crippen LogP contribution >= 0.6 is 0 Å². The lowest BCUT2D eigenvalue weighted by Gasteiger charge is -2.36. The van der Waals surface area contributed by atoms with Gasteiger partial charge >= 0.3 is 12.0 Å². The molecule has 10 nitrogen and oxygen atoms in total. The maximum absolute atomic E-state index is 14.3. The number of carbonyl (C=O) groups excluding carboxylic acids is 3. The smallest absolute Gasteiger partial charge is 0.332 e. The maximum Gasteiger partial charge on any atom is 0.332 e. The Kier molecular flexibility index (Phi) is 7.01. The summed E-state index contributed by atoms with van der Waals surface area (Å²) in [4.78, 5) is 59.4. The topological polar surface area (TPSA) is 143 Å². The normalized spacial score (nSPS) is 19.4. The molecule has 4 amide bonds. The number of nitrogens with zero attached hydrogens (tertiary/aromatic N) is 2. The summed E-state index contributed by atoms with van der Waals surface area (Å²) in [6.45, 7) is 5.47. The molecule has 10 heteroatoms. The number of benzene rings is 3. The highest BCUT2D eigenvalue weighted by Gasteiger charge is 2.53. The van der Waals surface area contributed by atoms with Crippen LogP contribution in [0, 0.1) is 0 Å². The number of carboxylic acids is 1. The average molecular weight is 581 g/mol. The molecule has 2 aliphatic rings. The third kappa shape index (κ3) is 4.64. The number of para-hydroxylation sites is 2. The van der Waals surface area contributed by atoms with Crippen molar-refractivity contribution >= 4 is 40.4 Å². The van der Waals surface area contributed by atoms with Gasteiger partial charge in [0.1, 0.15) is 12.1 Å². The van der Waals surface area contributed by atoms with Crippen LogP contribution in [0.2, 0.25) is 0 Å². The Morgan fingerprint density at radius 1 is 0.953 bits per heavy atom. The fraction of sp³-hybridized carbons (Fsp3) is 0.273. The molecule has 4 N–H and O–H groups in total. The molecular weight excluding hydrogens is 548 g/mol. The minimum atomic E-state index is -1.58. The number of urea groups is 1. The van der Waals surface area contributed by atoms with Crippen LogP contribution in [0.1, 0.15) is 65.5 Å². The first-order valence-corrected chi connectivity index (χ1v) is 14.2. The van der Waals surface area contributed by atoms with Crippen LogP contribution in [0.4, 0.5) is 10.5 Å². The lowest BCUT2D eigenvalue weighted by atomic mass is 9.88. The number of aromatic nitrogens is 1. The van der Waals surface area contributed by atoms with Gasteiger partial charge in [0.15, 0.2) is 6.04 Å². The molecule has 6 rings (SSSR count). The molecule has 3 aromatic carbocycles. The Bertz CT molecular complexity index is 1760. The number of H-pyrrole nitrogens is 1. The number of aromatic amines is 1. The summed E-state index contributed by atoms with van der Waals surface area (Å²) in [7, 11) is 0. The quantitative estimate of drug-likeness (QED) is 0.240. The summed E-state index contributed by atoms with van der Waals surface area (Å²) < 4.78 is 0. The minimum absolute atomic E-state index is 0.0431. The SMILES string of the molecule is CC(C)c1ccc([C@@H]2c3[nH]c4ccccc4c3C[C@H]3C(=O)N(c4ccccc4C(=O)N[C@H](C(=O)O)[C@@H](C)O)C(=O)N23)cc1. The van der Waals surface area contributed by atoms with Crippen LogP contribution in [0.3, 0.4) is 0 Å². The lowest BCUT2D eigenvalue weighted by Crippen LogP contribution is -2.48. The molecule has 0 spiro atoms. The second-order valence-corrected chi connectivity index (χ2v) is 11.4. The molecule has 220 valence electrons. The van der Waals surface area contributed by atoms with Crippen molar-refractivity contribution < 1.29 is 29.4 Å². The fourth-order valence-electron chi connectivity index (χ4n) is 6.17. The van der Waals surface area contributed by atoms with E-state index in [1.807, 2.05) is 48.5 Å². The predicted molar refractivity (Wildman–Crippen MR) is 160 cm³/mol. The highest BCUT2D eigenvalue weighted by Crippen LogP contribution is 2.45. The number of imide groups is 1. The second-order valence-electron chi connectivity index (χ2n) is 11.4. The molecule has 0 saturated carbocycles. The van der Waals surface area contributed by atoms with Gasteiger partial charge in [0.25, 0.3) is 11.8 Å². The summed E-state index contributed by atoms with van der Waals surface area (Å²) in [6, 6.07) is 18.4. The van der Waals surface area contributed by atoms with Crippen molar-refractivity contribution in [1.29, 1.82) is 0 Å². The molecule has 2 aliphatic heterocycles. The number of amides is 4. The summed E-state index contributed by atoms with van der Waals surface area (Å²) in [6.07, 6.45) is -1.08. The molecule has 1 aromatic heterocycles. The molecule has 0 bridgehead atoms. The largest absolute Gasteiger partial charge is 0.480 e. The maximum atomic E-state index is 14.3. The molecule has 0 unspecified atom stereocenters. The molecule has 43 heavy (non-hydrogen) atoms. The van der Waals surface area contributed by atoms with E-state index in [1.54, 1.807) is 17.0 Å². The van der Waals surface area contributed by atoms with Gasteiger partial charge in [-0.15, -0.1) is 0 Å². The number of aliphatic carboxylic acids is 1. The molecule has 4 aromatic rings. The van der Waals surface area contributed by atoms with Crippen LogP contribution in [0.25, 0.3) is 10.9 Å². The van der Waals surface area contributed by atoms with Crippen LogP contribution < -0.4 is 10.2 Å². The van der Waals surface area contributed by atoms with Gasteiger partial charge < -0.3 is 20.5 Å². The molecule has 4 atom stereocenters. The van der Waals surface area contributed by atoms with Crippen LogP contribution in [-0.4, -0.2) is 62.1 Å². The summed E-state index contributed by atoms with van der Waals surface area (Å²) in [5.41, 5.74) is 4.70. The van der Waals surface area contributed by atoms with Crippen LogP contribution in [-0.2, 0) is 16.0 Å². The average Bonchev–Trinajstić information content (AvgIpc) is 3.48. The summed E-state index contributed by atoms with van der Waals surface area (Å²) in [5, 5.41) is 22.6. The van der Waals surface area contributed by atoms with Gasteiger partial charge in [-0.25, -0.2) is 14.5 Å². The zero-order chi connectivity index (χ0) is 30.6. The van der Waals surface area contributed by atoms with E-state index >= 15 is 0 Å². The van der Waals surface area contributed by atoms with Gasteiger partial charge in [-0.3, -0.25) is 14.5 Å². The Balaban J connectivity index is 1.44. The Morgan fingerprint density at radius 2 is 1.63 bits per heavy atom. The number of nitrogens with one attached hydrogen (secondary N) is 2. The Labute approximate surface area is 247 Å². The van der Waals surface area contributed by atoms with E-state index in [0.29, 0.717) is 12.3 Å². The molecule has 1 fully saturated rings. The fourth-order valence-corrected chi connectivity index (χ4v) is 6.17. The first-order chi connectivity index (χ1) is 20.6. The molecule has 3 heterocycles. The molecule has 0 radical (unpaired) electrons. The van der Waals surface area contributed by atoms with Crippen molar-refractivity contribution in [3.8, 4) is 0 Å². The molecule has 0 aliphatic carbocycles. The second kappa shape index (κ2) is 10.7. The van der Waals surface area contributed by atoms with E-state index in [1.165, 1.54) is 19.1 Å². The molecular formula is C33H32N4O6. The van der Waals surface area contributed by atoms with Crippen LogP contribution in [0.5, 0.6) is 0 Å². The molecule has 1 saturated heterocycles. The van der Waals surface area contributed by atoms with E-state index < -0.39 is 48.0 Å². The van der Waals surface area contributed by atoms with Gasteiger partial charge in [-0.05, 0) is 47.7 Å². The number of fused-ring (bicyclic) bond motifs is 4. The third-order valence-electron chi connectivity index (χ3n) is 8.39. The van der Waals surface area contributed by atoms with Crippen molar-refractivity contribution in [2.24, 2.45) is 0 Å². The van der Waals surface area contributed by atoms with Crippen molar-refractivity contribution in [2.45, 2.75) is 57.3 Å². The predicted octanol–water partition coefficient (Wildman–Crippen LogP) is 4.34. The van der Waals surface area contributed by atoms with Gasteiger partial charge in [0.2, 0.25) is 0 Å². The van der Waals surface area contributed by atoms with Crippen molar-refractivity contribution in [3.63, 3.8) is 0 Å². The Morgan fingerprint density at radius 3 is 2.30 bits per heavy atom. The lowest BCUT2D eigenvalue weighted by molar-refractivity contribution is -0.141. The van der Waals surface area contributed by atoms with Gasteiger partial charge in [0, 0.05) is 23.0 Å². The number of aliphatic hydroxyl groups excluding tert-OH is 1. The number of rotatable bonds is 7. The van der Waals surface area contributed by atoms with Gasteiger partial charge in [0.05, 0.1) is 17.4 Å². The number of anilines is 1. The zero-order valence-electron chi connectivity index (χ0n) is 23.9. The number of hydrogen-bond acceptors (Lipinski definition) is 5. The highest BCUT2D eigenvalue weighted by atomic mass is 16.4. The van der Waals surface area contributed by atoms with E-state index in [-0.39, 0.29) is 11.3 Å². The van der Waals surface area contributed by atoms with Crippen molar-refractivity contribution in [1.82, 2.24) is 15.2 Å². The zero-order valence-corrected chi connectivity index (χ0v) is 23.9. The summed E-state index contributed by atoms with van der Waals surface area (Å²) in [5.74, 6) is -2.40. The first kappa shape index (κ1) is 28.2. The van der Waals surface area contributed by atoms with Gasteiger partial charge in [-0.1, -0.05) is 68.4 Å². The number of carbonyl (C=O) groups is 4. The van der Waals surface area contributed by atoms with E-state index in [0.717, 1.165) is 38.2 Å². The van der Waals surface area contributed by atoms with Crippen LogP contribution in [0.15, 0.2) is 72.8 Å². The summed E-state index contributed by atoms with van der Waals surface area (Å²) >= 11 is 0. The standard InChI is InChI=1S/C33H32N4O6/c1-17(2)19-12-14-20(15-13-19)29-28-23(21-8-4-6-10-24(21)34-28)16-26-31(40)37(33(43)36(26)29)25-11-7-5-9-22(25)30(39)35-27(18(3)38)32(41)42/h4-15,17-18,26-27,29,34,38H,16H2,1-3H3,(H,35,39)(H,41,42)/t18-,26+,27+,29-/m1/s1. The van der Waals surface area contributed by atoms with Gasteiger partial charge in [-0.2, -0.15) is 0 Å². The Hall–Kier alpha value is -4.96.